The van der Waals surface area contributed by atoms with Gasteiger partial charge in [0.2, 0.25) is 0 Å². The summed E-state index contributed by atoms with van der Waals surface area (Å²) in [5, 5.41) is 10.5. The highest BCUT2D eigenvalue weighted by molar-refractivity contribution is 5.92. The van der Waals surface area contributed by atoms with Crippen LogP contribution in [0.3, 0.4) is 0 Å². The molecule has 2 saturated heterocycles. The Bertz CT molecular complexity index is 1390. The van der Waals surface area contributed by atoms with Gasteiger partial charge in [0, 0.05) is 55.3 Å². The number of nitrogens with zero attached hydrogens (tertiary/aromatic N) is 2. The second-order valence-corrected chi connectivity index (χ2v) is 11.7. The predicted molar refractivity (Wildman–Crippen MR) is 141 cm³/mol. The number of ether oxygens (including phenoxy) is 1. The molecule has 0 unspecified atom stereocenters. The number of carboxylic acids is 1. The maximum Gasteiger partial charge on any atom is 0.415 e. The van der Waals surface area contributed by atoms with E-state index in [1.165, 1.54) is 59.8 Å². The number of rotatable bonds is 6. The molecule has 7 nitrogen and oxygen atoms in total. The molecule has 3 heterocycles. The number of amides is 1. The summed E-state index contributed by atoms with van der Waals surface area (Å²) < 4.78 is 5.93. The zero-order valence-electron chi connectivity index (χ0n) is 21.3. The number of anilines is 1. The minimum Gasteiger partial charge on any atom is -0.478 e. The largest absolute Gasteiger partial charge is 0.478 e. The number of aromatic amines is 1. The Hall–Kier alpha value is -3.32. The smallest absolute Gasteiger partial charge is 0.415 e. The van der Waals surface area contributed by atoms with E-state index in [1.807, 2.05) is 0 Å². The quantitative estimate of drug-likeness (QED) is 0.461. The van der Waals surface area contributed by atoms with Gasteiger partial charge in [-0.3, -0.25) is 9.80 Å². The van der Waals surface area contributed by atoms with Crippen LogP contribution in [0.15, 0.2) is 42.6 Å². The average molecular weight is 500 g/mol. The van der Waals surface area contributed by atoms with Crippen LogP contribution < -0.4 is 4.90 Å². The van der Waals surface area contributed by atoms with Crippen molar-refractivity contribution in [1.29, 1.82) is 0 Å². The van der Waals surface area contributed by atoms with Crippen molar-refractivity contribution in [3.05, 3.63) is 64.8 Å². The molecule has 4 aliphatic rings. The minimum atomic E-state index is -0.976. The number of piperidine rings is 1. The van der Waals surface area contributed by atoms with Gasteiger partial charge in [-0.15, -0.1) is 0 Å². The molecule has 2 saturated carbocycles. The number of nitrogens with one attached hydrogen (secondary N) is 1. The number of hydrogen-bond donors (Lipinski definition) is 2. The highest BCUT2D eigenvalue weighted by Crippen LogP contribution is 2.62. The Balaban J connectivity index is 1.04. The molecule has 37 heavy (non-hydrogen) atoms. The van der Waals surface area contributed by atoms with Gasteiger partial charge in [-0.2, -0.15) is 0 Å². The normalized spacial score (nSPS) is 22.5. The lowest BCUT2D eigenvalue weighted by molar-refractivity contribution is -0.000886. The van der Waals surface area contributed by atoms with Crippen molar-refractivity contribution < 1.29 is 19.4 Å². The second-order valence-electron chi connectivity index (χ2n) is 11.7. The van der Waals surface area contributed by atoms with Crippen LogP contribution in [0, 0.1) is 12.8 Å². The van der Waals surface area contributed by atoms with Gasteiger partial charge in [-0.05, 0) is 91.0 Å². The summed E-state index contributed by atoms with van der Waals surface area (Å²) in [7, 11) is 0. The van der Waals surface area contributed by atoms with Crippen molar-refractivity contribution in [3.8, 4) is 0 Å². The Kier molecular flexibility index (Phi) is 4.99. The van der Waals surface area contributed by atoms with E-state index in [4.69, 9.17) is 9.84 Å². The number of likely N-dealkylation sites (tertiary alicyclic amines) is 1. The fourth-order valence-corrected chi connectivity index (χ4v) is 6.82. The highest BCUT2D eigenvalue weighted by Gasteiger charge is 2.55. The topological polar surface area (TPSA) is 85.9 Å². The summed E-state index contributed by atoms with van der Waals surface area (Å²) in [6.07, 6.45) is 8.89. The van der Waals surface area contributed by atoms with E-state index >= 15 is 0 Å². The minimum absolute atomic E-state index is 0.207. The molecule has 7 rings (SSSR count). The number of aromatic nitrogens is 1. The van der Waals surface area contributed by atoms with Gasteiger partial charge in [-0.25, -0.2) is 9.59 Å². The van der Waals surface area contributed by atoms with E-state index in [0.717, 1.165) is 38.4 Å². The monoisotopic (exact) mass is 499 g/mol. The molecule has 2 aliphatic heterocycles. The molecule has 1 spiro atoms. The van der Waals surface area contributed by atoms with E-state index in [0.29, 0.717) is 17.6 Å². The lowest BCUT2D eigenvalue weighted by Gasteiger charge is -2.37. The van der Waals surface area contributed by atoms with Gasteiger partial charge in [0.1, 0.15) is 5.60 Å². The Morgan fingerprint density at radius 2 is 1.84 bits per heavy atom. The third-order valence-electron chi connectivity index (χ3n) is 9.35. The van der Waals surface area contributed by atoms with E-state index in [-0.39, 0.29) is 11.7 Å². The van der Waals surface area contributed by atoms with E-state index in [9.17, 15) is 9.59 Å². The van der Waals surface area contributed by atoms with Crippen LogP contribution in [-0.4, -0.2) is 52.3 Å². The molecule has 3 aromatic rings. The van der Waals surface area contributed by atoms with Crippen LogP contribution in [0.5, 0.6) is 0 Å². The number of hydrogen-bond acceptors (Lipinski definition) is 4. The summed E-state index contributed by atoms with van der Waals surface area (Å²) in [6.45, 7) is 5.37. The van der Waals surface area contributed by atoms with Crippen LogP contribution in [-0.2, 0) is 16.7 Å². The molecule has 7 heteroatoms. The predicted octanol–water partition coefficient (Wildman–Crippen LogP) is 5.61. The van der Waals surface area contributed by atoms with Gasteiger partial charge in [0.25, 0.3) is 0 Å². The number of carbonyl (C=O) groups excluding carboxylic acids is 1. The molecule has 0 radical (unpaired) electrons. The first-order chi connectivity index (χ1) is 17.9. The van der Waals surface area contributed by atoms with Gasteiger partial charge in [0.05, 0.1) is 12.1 Å². The van der Waals surface area contributed by atoms with Gasteiger partial charge < -0.3 is 14.8 Å². The highest BCUT2D eigenvalue weighted by atomic mass is 16.6. The van der Waals surface area contributed by atoms with E-state index in [1.54, 1.807) is 22.6 Å². The lowest BCUT2D eigenvalue weighted by Crippen LogP contribution is -2.46. The first kappa shape index (κ1) is 22.8. The third kappa shape index (κ3) is 3.82. The summed E-state index contributed by atoms with van der Waals surface area (Å²) in [5.41, 5.74) is 6.37. The maximum absolute atomic E-state index is 12.7. The molecule has 1 amide bonds. The summed E-state index contributed by atoms with van der Waals surface area (Å²) in [6, 6.07) is 11.3. The molecule has 2 N–H and O–H groups in total. The molecule has 0 bridgehead atoms. The van der Waals surface area contributed by atoms with Gasteiger partial charge >= 0.3 is 12.1 Å². The van der Waals surface area contributed by atoms with Crippen molar-refractivity contribution in [1.82, 2.24) is 9.88 Å². The summed E-state index contributed by atoms with van der Waals surface area (Å²) in [4.78, 5) is 31.5. The molecular weight excluding hydrogens is 466 g/mol. The average Bonchev–Trinajstić information content (AvgIpc) is 3.81. The van der Waals surface area contributed by atoms with Crippen molar-refractivity contribution in [2.75, 3.05) is 24.5 Å². The summed E-state index contributed by atoms with van der Waals surface area (Å²) >= 11 is 0. The second kappa shape index (κ2) is 8.09. The van der Waals surface area contributed by atoms with Crippen LogP contribution in [0.25, 0.3) is 10.9 Å². The zero-order chi connectivity index (χ0) is 25.4. The molecule has 4 fully saturated rings. The molecule has 1 aromatic heterocycles. The van der Waals surface area contributed by atoms with Crippen LogP contribution in [0.1, 0.15) is 65.6 Å². The van der Waals surface area contributed by atoms with Gasteiger partial charge in [-0.1, -0.05) is 6.07 Å². The van der Waals surface area contributed by atoms with Crippen LogP contribution >= 0.6 is 0 Å². The number of benzene rings is 2. The first-order valence-electron chi connectivity index (χ1n) is 13.5. The molecule has 192 valence electrons. The Labute approximate surface area is 216 Å². The first-order valence-corrected chi connectivity index (χ1v) is 13.5. The number of H-pyrrole nitrogens is 1. The van der Waals surface area contributed by atoms with Crippen molar-refractivity contribution in [2.45, 2.75) is 63.0 Å². The Morgan fingerprint density at radius 1 is 1.11 bits per heavy atom. The van der Waals surface area contributed by atoms with E-state index < -0.39 is 11.6 Å². The summed E-state index contributed by atoms with van der Waals surface area (Å²) in [5.74, 6) is -0.0789. The fourth-order valence-electron chi connectivity index (χ4n) is 6.82. The third-order valence-corrected chi connectivity index (χ3v) is 9.35. The van der Waals surface area contributed by atoms with Crippen molar-refractivity contribution in [2.24, 2.45) is 5.92 Å². The molecule has 2 aromatic carbocycles. The van der Waals surface area contributed by atoms with Gasteiger partial charge in [0.15, 0.2) is 0 Å². The lowest BCUT2D eigenvalue weighted by atomic mass is 9.88. The molecule has 2 aliphatic carbocycles. The van der Waals surface area contributed by atoms with Crippen LogP contribution in [0.2, 0.25) is 0 Å². The maximum atomic E-state index is 12.7. The fraction of sp³-hybridized carbons (Fsp3) is 0.467. The SMILES string of the molecule is Cc1cc(C2(C3CC3)CC2)cc2c(CN3CCC4(CC3)CN(c3ccc(C(=O)O)cc3)C(=O)O4)c[nH]c12. The number of carboxylic acid groups (broad SMARTS) is 1. The standard InChI is InChI=1S/C30H33N3O4/c1-19-14-23(30(8-9-30)22-4-5-22)15-25-21(16-31-26(19)25)17-32-12-10-29(11-13-32)18-33(28(36)37-29)24-6-2-20(3-7-24)27(34)35/h2-3,6-7,14-16,22,31H,4-5,8-13,17-18H2,1H3,(H,34,35). The number of aryl methyl sites for hydroxylation is 1. The van der Waals surface area contributed by atoms with Crippen LogP contribution in [0.4, 0.5) is 10.5 Å². The number of fused-ring (bicyclic) bond motifs is 1. The number of aromatic carboxylic acids is 1. The molecular formula is C30H33N3O4. The molecule has 0 atom stereocenters. The zero-order valence-corrected chi connectivity index (χ0v) is 21.3. The Morgan fingerprint density at radius 3 is 2.49 bits per heavy atom. The van der Waals surface area contributed by atoms with Crippen molar-refractivity contribution >= 4 is 28.7 Å². The number of carbonyl (C=O) groups is 2. The van der Waals surface area contributed by atoms with Crippen molar-refractivity contribution in [3.63, 3.8) is 0 Å². The van der Waals surface area contributed by atoms with E-state index in [2.05, 4.69) is 35.1 Å².